The van der Waals surface area contributed by atoms with Crippen LogP contribution in [0.5, 0.6) is 0 Å². The Morgan fingerprint density at radius 3 is 2.08 bits per heavy atom. The second kappa shape index (κ2) is 6.83. The lowest BCUT2D eigenvalue weighted by atomic mass is 9.97. The highest BCUT2D eigenvalue weighted by molar-refractivity contribution is 4.71. The molecule has 1 N–H and O–H groups in total. The van der Waals surface area contributed by atoms with Crippen molar-refractivity contribution in [3.63, 3.8) is 0 Å². The molecular formula is C9H21NO3. The third kappa shape index (κ3) is 6.51. The Morgan fingerprint density at radius 1 is 1.46 bits per heavy atom. The van der Waals surface area contributed by atoms with Gasteiger partial charge in [-0.3, -0.25) is 10.1 Å². The molecular weight excluding hydrogens is 170 g/mol. The SMILES string of the molecule is CC.CCC(O)CC(C)(C)[N+](=O)[O-]. The predicted octanol–water partition coefficient (Wildman–Crippen LogP) is 2.23. The fourth-order valence-electron chi connectivity index (χ4n) is 0.795. The Bertz CT molecular complexity index is 146. The van der Waals surface area contributed by atoms with Gasteiger partial charge < -0.3 is 5.11 Å². The van der Waals surface area contributed by atoms with E-state index < -0.39 is 11.6 Å². The van der Waals surface area contributed by atoms with Gasteiger partial charge in [-0.05, 0) is 6.42 Å². The van der Waals surface area contributed by atoms with E-state index in [0.717, 1.165) is 0 Å². The van der Waals surface area contributed by atoms with E-state index in [9.17, 15) is 10.1 Å². The summed E-state index contributed by atoms with van der Waals surface area (Å²) in [6, 6.07) is 0. The largest absolute Gasteiger partial charge is 0.393 e. The average Bonchev–Trinajstić information content (AvgIpc) is 2.07. The first-order valence-electron chi connectivity index (χ1n) is 4.72. The van der Waals surface area contributed by atoms with Crippen molar-refractivity contribution in [2.45, 2.75) is 59.1 Å². The molecule has 0 aromatic carbocycles. The van der Waals surface area contributed by atoms with Crippen molar-refractivity contribution in [1.82, 2.24) is 0 Å². The van der Waals surface area contributed by atoms with Gasteiger partial charge in [-0.25, -0.2) is 0 Å². The van der Waals surface area contributed by atoms with Crippen molar-refractivity contribution in [1.29, 1.82) is 0 Å². The van der Waals surface area contributed by atoms with Crippen molar-refractivity contribution in [2.75, 3.05) is 0 Å². The van der Waals surface area contributed by atoms with E-state index in [1.54, 1.807) is 6.92 Å². The molecule has 0 saturated carbocycles. The van der Waals surface area contributed by atoms with Crippen LogP contribution in [0, 0.1) is 10.1 Å². The van der Waals surface area contributed by atoms with E-state index in [2.05, 4.69) is 0 Å². The second-order valence-electron chi connectivity index (χ2n) is 3.34. The van der Waals surface area contributed by atoms with Gasteiger partial charge in [0.15, 0.2) is 0 Å². The minimum absolute atomic E-state index is 0.219. The maximum atomic E-state index is 10.4. The van der Waals surface area contributed by atoms with Crippen molar-refractivity contribution < 1.29 is 10.0 Å². The smallest absolute Gasteiger partial charge is 0.219 e. The fraction of sp³-hybridized carbons (Fsp3) is 1.00. The zero-order valence-corrected chi connectivity index (χ0v) is 9.20. The molecule has 0 heterocycles. The number of hydrogen-bond donors (Lipinski definition) is 1. The minimum Gasteiger partial charge on any atom is -0.393 e. The Balaban J connectivity index is 0. The monoisotopic (exact) mass is 191 g/mol. The molecule has 0 radical (unpaired) electrons. The molecule has 1 atom stereocenters. The lowest BCUT2D eigenvalue weighted by Crippen LogP contribution is -2.34. The molecule has 0 aromatic heterocycles. The summed E-state index contributed by atoms with van der Waals surface area (Å²) in [5, 5.41) is 19.5. The van der Waals surface area contributed by atoms with Crippen LogP contribution >= 0.6 is 0 Å². The van der Waals surface area contributed by atoms with E-state index >= 15 is 0 Å². The van der Waals surface area contributed by atoms with E-state index in [-0.39, 0.29) is 11.3 Å². The number of nitrogens with zero attached hydrogens (tertiary/aromatic N) is 1. The summed E-state index contributed by atoms with van der Waals surface area (Å²) < 4.78 is 0. The molecule has 0 aliphatic carbocycles. The van der Waals surface area contributed by atoms with Gasteiger partial charge in [-0.1, -0.05) is 20.8 Å². The normalized spacial score (nSPS) is 12.8. The molecule has 0 spiro atoms. The van der Waals surface area contributed by atoms with E-state index in [4.69, 9.17) is 5.11 Å². The number of nitro groups is 1. The number of aliphatic hydroxyl groups is 1. The molecule has 4 heteroatoms. The Morgan fingerprint density at radius 2 is 1.85 bits per heavy atom. The standard InChI is InChI=1S/C7H15NO3.C2H6/c1-4-6(9)5-7(2,3)8(10)11;1-2/h6,9H,4-5H2,1-3H3;1-2H3. The molecule has 0 aliphatic rings. The van der Waals surface area contributed by atoms with Gasteiger partial charge in [0, 0.05) is 25.2 Å². The summed E-state index contributed by atoms with van der Waals surface area (Å²) in [6.07, 6.45) is 0.226. The second-order valence-corrected chi connectivity index (χ2v) is 3.34. The molecule has 0 bridgehead atoms. The highest BCUT2D eigenvalue weighted by Gasteiger charge is 2.32. The van der Waals surface area contributed by atoms with Crippen LogP contribution in [0.25, 0.3) is 0 Å². The van der Waals surface area contributed by atoms with Crippen LogP contribution in [0.4, 0.5) is 0 Å². The van der Waals surface area contributed by atoms with Gasteiger partial charge in [-0.15, -0.1) is 0 Å². The quantitative estimate of drug-likeness (QED) is 0.547. The summed E-state index contributed by atoms with van der Waals surface area (Å²) in [6.45, 7) is 8.85. The first-order chi connectivity index (χ1) is 5.90. The molecule has 13 heavy (non-hydrogen) atoms. The zero-order valence-electron chi connectivity index (χ0n) is 9.20. The van der Waals surface area contributed by atoms with Crippen molar-refractivity contribution in [3.8, 4) is 0 Å². The van der Waals surface area contributed by atoms with E-state index in [1.165, 1.54) is 13.8 Å². The number of aliphatic hydroxyl groups excluding tert-OH is 1. The highest BCUT2D eigenvalue weighted by atomic mass is 16.6. The van der Waals surface area contributed by atoms with E-state index in [0.29, 0.717) is 6.42 Å². The van der Waals surface area contributed by atoms with Gasteiger partial charge in [-0.2, -0.15) is 0 Å². The topological polar surface area (TPSA) is 63.4 Å². The Hall–Kier alpha value is -0.640. The van der Waals surface area contributed by atoms with Crippen LogP contribution in [0.1, 0.15) is 47.5 Å². The van der Waals surface area contributed by atoms with Gasteiger partial charge in [0.1, 0.15) is 0 Å². The molecule has 4 nitrogen and oxygen atoms in total. The van der Waals surface area contributed by atoms with Gasteiger partial charge in [0.25, 0.3) is 0 Å². The Kier molecular flexibility index (Phi) is 7.81. The van der Waals surface area contributed by atoms with E-state index in [1.807, 2.05) is 13.8 Å². The molecule has 80 valence electrons. The summed E-state index contributed by atoms with van der Waals surface area (Å²) in [4.78, 5) is 10.0. The first kappa shape index (κ1) is 14.9. The fourth-order valence-corrected chi connectivity index (χ4v) is 0.795. The van der Waals surface area contributed by atoms with Crippen LogP contribution < -0.4 is 0 Å². The maximum Gasteiger partial charge on any atom is 0.219 e. The molecule has 0 aliphatic heterocycles. The van der Waals surface area contributed by atoms with Crippen molar-refractivity contribution >= 4 is 0 Å². The van der Waals surface area contributed by atoms with Crippen molar-refractivity contribution in [3.05, 3.63) is 10.1 Å². The van der Waals surface area contributed by atoms with Crippen LogP contribution in [0.3, 0.4) is 0 Å². The lowest BCUT2D eigenvalue weighted by Gasteiger charge is -2.18. The number of hydrogen-bond acceptors (Lipinski definition) is 3. The summed E-state index contributed by atoms with van der Waals surface area (Å²) in [5.74, 6) is 0. The molecule has 0 saturated heterocycles. The third-order valence-corrected chi connectivity index (χ3v) is 1.70. The minimum atomic E-state index is -1.00. The van der Waals surface area contributed by atoms with Crippen LogP contribution in [-0.2, 0) is 0 Å². The van der Waals surface area contributed by atoms with Crippen LogP contribution in [0.2, 0.25) is 0 Å². The van der Waals surface area contributed by atoms with Crippen LogP contribution in [-0.4, -0.2) is 21.7 Å². The Labute approximate surface area is 80.1 Å². The third-order valence-electron chi connectivity index (χ3n) is 1.70. The first-order valence-corrected chi connectivity index (χ1v) is 4.72. The molecule has 0 rings (SSSR count). The molecule has 0 amide bonds. The number of rotatable bonds is 4. The highest BCUT2D eigenvalue weighted by Crippen LogP contribution is 2.16. The maximum absolute atomic E-state index is 10.4. The molecule has 1 unspecified atom stereocenters. The summed E-state index contributed by atoms with van der Waals surface area (Å²) >= 11 is 0. The molecule has 0 aromatic rings. The van der Waals surface area contributed by atoms with Gasteiger partial charge in [0.2, 0.25) is 5.54 Å². The summed E-state index contributed by atoms with van der Waals surface area (Å²) in [7, 11) is 0. The molecule has 0 fully saturated rings. The average molecular weight is 191 g/mol. The summed E-state index contributed by atoms with van der Waals surface area (Å²) in [5.41, 5.74) is -1.00. The predicted molar refractivity (Wildman–Crippen MR) is 53.3 cm³/mol. The lowest BCUT2D eigenvalue weighted by molar-refractivity contribution is -0.563. The van der Waals surface area contributed by atoms with Gasteiger partial charge >= 0.3 is 0 Å². The van der Waals surface area contributed by atoms with Crippen molar-refractivity contribution in [2.24, 2.45) is 0 Å². The van der Waals surface area contributed by atoms with Crippen LogP contribution in [0.15, 0.2) is 0 Å². The zero-order chi connectivity index (χ0) is 11.1. The van der Waals surface area contributed by atoms with Gasteiger partial charge in [0.05, 0.1) is 6.10 Å².